The van der Waals surface area contributed by atoms with Crippen LogP contribution in [0.15, 0.2) is 48.7 Å². The fraction of sp³-hybridized carbons (Fsp3) is 0.407. The van der Waals surface area contributed by atoms with E-state index in [2.05, 4.69) is 10.3 Å². The summed E-state index contributed by atoms with van der Waals surface area (Å²) in [5.41, 5.74) is 3.16. The molecule has 0 spiro atoms. The minimum absolute atomic E-state index is 0.0580. The molecule has 0 saturated carbocycles. The Labute approximate surface area is 217 Å². The molecule has 4 rings (SSSR count). The van der Waals surface area contributed by atoms with Crippen LogP contribution in [-0.2, 0) is 29.4 Å². The number of halogens is 1. The second kappa shape index (κ2) is 12.0. The summed E-state index contributed by atoms with van der Waals surface area (Å²) in [4.78, 5) is 9.10. The first-order valence-corrected chi connectivity index (χ1v) is 14.2. The molecule has 10 heteroatoms. The van der Waals surface area contributed by atoms with Crippen molar-refractivity contribution in [1.29, 1.82) is 0 Å². The second-order valence-corrected chi connectivity index (χ2v) is 11.2. The number of hydrogen-bond acceptors (Lipinski definition) is 7. The van der Waals surface area contributed by atoms with Crippen molar-refractivity contribution in [1.82, 2.24) is 19.6 Å². The van der Waals surface area contributed by atoms with Gasteiger partial charge in [-0.2, -0.15) is 4.31 Å². The van der Waals surface area contributed by atoms with E-state index in [4.69, 9.17) is 9.72 Å². The van der Waals surface area contributed by atoms with Gasteiger partial charge in [-0.3, -0.25) is 0 Å². The number of piperidine rings is 1. The number of aryl methyl sites for hydroxylation is 2. The van der Waals surface area contributed by atoms with Gasteiger partial charge in [-0.25, -0.2) is 22.8 Å². The van der Waals surface area contributed by atoms with Gasteiger partial charge in [0.2, 0.25) is 10.0 Å². The van der Waals surface area contributed by atoms with Gasteiger partial charge in [-0.1, -0.05) is 6.07 Å². The lowest BCUT2D eigenvalue weighted by Crippen LogP contribution is -2.45. The van der Waals surface area contributed by atoms with E-state index >= 15 is 0 Å². The van der Waals surface area contributed by atoms with Crippen LogP contribution in [-0.4, -0.2) is 60.3 Å². The maximum Gasteiger partial charge on any atom is 0.211 e. The van der Waals surface area contributed by atoms with E-state index in [1.165, 1.54) is 18.4 Å². The van der Waals surface area contributed by atoms with Crippen molar-refractivity contribution in [2.24, 2.45) is 0 Å². The van der Waals surface area contributed by atoms with Crippen LogP contribution in [0, 0.1) is 5.82 Å². The van der Waals surface area contributed by atoms with Crippen LogP contribution in [0.4, 0.5) is 4.39 Å². The third-order valence-corrected chi connectivity index (χ3v) is 7.91. The summed E-state index contributed by atoms with van der Waals surface area (Å²) in [5.74, 6) is 0.318. The average molecular weight is 529 g/mol. The van der Waals surface area contributed by atoms with Crippen molar-refractivity contribution in [2.75, 3.05) is 26.5 Å². The van der Waals surface area contributed by atoms with E-state index < -0.39 is 15.8 Å². The Bertz CT molecular complexity index is 1330. The summed E-state index contributed by atoms with van der Waals surface area (Å²) < 4.78 is 46.1. The molecule has 0 unspecified atom stereocenters. The maximum absolute atomic E-state index is 13.6. The highest BCUT2D eigenvalue weighted by molar-refractivity contribution is 7.88. The number of hydrogen-bond donors (Lipinski definition) is 2. The molecule has 198 valence electrons. The maximum atomic E-state index is 13.6. The highest BCUT2D eigenvalue weighted by Crippen LogP contribution is 2.29. The molecular formula is C27H33FN4O4S. The number of aromatic nitrogens is 2. The van der Waals surface area contributed by atoms with Gasteiger partial charge in [-0.15, -0.1) is 0 Å². The summed E-state index contributed by atoms with van der Waals surface area (Å²) in [6, 6.07) is 11.9. The number of phenols is 1. The molecule has 8 nitrogen and oxygen atoms in total. The Kier molecular flexibility index (Phi) is 8.73. The second-order valence-electron chi connectivity index (χ2n) is 9.31. The standard InChI is InChI=1S/C27H33FN4O4S/c1-36-26-9-7-20(17-21(26)18-32(37(2,34)35)22-10-13-29-14-11-22)24-12-15-30-27(31-24)5-3-4-19-6-8-25(33)23(28)16-19/h6-9,12,15-17,22,29,33H,3-5,10-11,13-14,18H2,1-2H3. The number of methoxy groups -OCH3 is 1. The van der Waals surface area contributed by atoms with Crippen molar-refractivity contribution in [3.63, 3.8) is 0 Å². The van der Waals surface area contributed by atoms with E-state index in [1.54, 1.807) is 23.7 Å². The minimum atomic E-state index is -3.42. The molecule has 0 amide bonds. The van der Waals surface area contributed by atoms with E-state index in [-0.39, 0.29) is 18.3 Å². The van der Waals surface area contributed by atoms with Crippen LogP contribution < -0.4 is 10.1 Å². The lowest BCUT2D eigenvalue weighted by molar-refractivity contribution is 0.255. The fourth-order valence-electron chi connectivity index (χ4n) is 4.68. The van der Waals surface area contributed by atoms with E-state index in [9.17, 15) is 17.9 Å². The van der Waals surface area contributed by atoms with Crippen LogP contribution in [0.1, 0.15) is 36.2 Å². The van der Waals surface area contributed by atoms with Gasteiger partial charge in [0.1, 0.15) is 11.6 Å². The quantitative estimate of drug-likeness (QED) is 0.414. The molecule has 0 atom stereocenters. The van der Waals surface area contributed by atoms with E-state index in [0.717, 1.165) is 54.7 Å². The zero-order valence-electron chi connectivity index (χ0n) is 21.2. The molecule has 1 aromatic heterocycles. The van der Waals surface area contributed by atoms with Gasteiger partial charge < -0.3 is 15.2 Å². The smallest absolute Gasteiger partial charge is 0.211 e. The molecule has 37 heavy (non-hydrogen) atoms. The summed E-state index contributed by atoms with van der Waals surface area (Å²) in [7, 11) is -1.84. The third-order valence-electron chi connectivity index (χ3n) is 6.63. The van der Waals surface area contributed by atoms with E-state index in [0.29, 0.717) is 24.4 Å². The lowest BCUT2D eigenvalue weighted by Gasteiger charge is -2.33. The van der Waals surface area contributed by atoms with Crippen LogP contribution in [0.5, 0.6) is 11.5 Å². The van der Waals surface area contributed by atoms with Crippen LogP contribution >= 0.6 is 0 Å². The molecule has 3 aromatic rings. The monoisotopic (exact) mass is 528 g/mol. The Morgan fingerprint density at radius 2 is 1.92 bits per heavy atom. The zero-order chi connectivity index (χ0) is 26.4. The SMILES string of the molecule is COc1ccc(-c2ccnc(CCCc3ccc(O)c(F)c3)n2)cc1CN(C1CCNCC1)S(C)(=O)=O. The largest absolute Gasteiger partial charge is 0.505 e. The van der Waals surface area contributed by atoms with Gasteiger partial charge >= 0.3 is 0 Å². The summed E-state index contributed by atoms with van der Waals surface area (Å²) in [5, 5.41) is 12.6. The van der Waals surface area contributed by atoms with Gasteiger partial charge in [0.25, 0.3) is 0 Å². The molecule has 2 heterocycles. The summed E-state index contributed by atoms with van der Waals surface area (Å²) >= 11 is 0. The van der Waals surface area contributed by atoms with Crippen LogP contribution in [0.2, 0.25) is 0 Å². The number of rotatable bonds is 10. The summed E-state index contributed by atoms with van der Waals surface area (Å²) in [6.45, 7) is 1.81. The number of benzene rings is 2. The molecule has 1 aliphatic rings. The molecule has 0 bridgehead atoms. The molecule has 1 fully saturated rings. The van der Waals surface area contributed by atoms with Crippen molar-refractivity contribution < 1.29 is 22.7 Å². The number of sulfonamides is 1. The van der Waals surface area contributed by atoms with Gasteiger partial charge in [-0.05, 0) is 80.7 Å². The first-order chi connectivity index (χ1) is 17.7. The predicted molar refractivity (Wildman–Crippen MR) is 140 cm³/mol. The Balaban J connectivity index is 1.51. The van der Waals surface area contributed by atoms with Crippen LogP contribution in [0.3, 0.4) is 0 Å². The third kappa shape index (κ3) is 7.03. The number of nitrogens with one attached hydrogen (secondary N) is 1. The number of aromatic hydroxyl groups is 1. The Morgan fingerprint density at radius 1 is 1.14 bits per heavy atom. The van der Waals surface area contributed by atoms with Crippen molar-refractivity contribution in [3.8, 4) is 22.8 Å². The van der Waals surface area contributed by atoms with Gasteiger partial charge in [0, 0.05) is 36.3 Å². The molecule has 0 radical (unpaired) electrons. The molecular weight excluding hydrogens is 495 g/mol. The molecule has 1 saturated heterocycles. The molecule has 0 aliphatic carbocycles. The van der Waals surface area contributed by atoms with E-state index in [1.807, 2.05) is 24.3 Å². The normalized spacial score (nSPS) is 14.7. The number of phenolic OH excluding ortho intramolecular Hbond substituents is 1. The molecule has 2 aromatic carbocycles. The van der Waals surface area contributed by atoms with Crippen molar-refractivity contribution in [2.45, 2.75) is 44.7 Å². The predicted octanol–water partition coefficient (Wildman–Crippen LogP) is 3.69. The first-order valence-electron chi connectivity index (χ1n) is 12.4. The highest BCUT2D eigenvalue weighted by atomic mass is 32.2. The molecule has 1 aliphatic heterocycles. The molecule has 2 N–H and O–H groups in total. The van der Waals surface area contributed by atoms with Crippen molar-refractivity contribution >= 4 is 10.0 Å². The average Bonchev–Trinajstić information content (AvgIpc) is 2.89. The Hall–Kier alpha value is -3.08. The first kappa shape index (κ1) is 27.0. The van der Waals surface area contributed by atoms with Gasteiger partial charge in [0.05, 0.1) is 19.1 Å². The van der Waals surface area contributed by atoms with Crippen LogP contribution in [0.25, 0.3) is 11.3 Å². The number of nitrogens with zero attached hydrogens (tertiary/aromatic N) is 3. The number of ether oxygens (including phenoxy) is 1. The highest BCUT2D eigenvalue weighted by Gasteiger charge is 2.29. The van der Waals surface area contributed by atoms with Crippen molar-refractivity contribution in [3.05, 3.63) is 71.4 Å². The lowest BCUT2D eigenvalue weighted by atomic mass is 10.0. The minimum Gasteiger partial charge on any atom is -0.505 e. The topological polar surface area (TPSA) is 105 Å². The fourth-order valence-corrected chi connectivity index (χ4v) is 5.80. The summed E-state index contributed by atoms with van der Waals surface area (Å²) in [6.07, 6.45) is 6.46. The zero-order valence-corrected chi connectivity index (χ0v) is 22.0. The Morgan fingerprint density at radius 3 is 2.62 bits per heavy atom. The van der Waals surface area contributed by atoms with Gasteiger partial charge in [0.15, 0.2) is 11.6 Å².